The van der Waals surface area contributed by atoms with E-state index in [-0.39, 0.29) is 11.8 Å². The quantitative estimate of drug-likeness (QED) is 0.832. The minimum absolute atomic E-state index is 0.0739. The highest BCUT2D eigenvalue weighted by molar-refractivity contribution is 6.29. The maximum atomic E-state index is 12.9. The molecule has 2 N–H and O–H groups in total. The van der Waals surface area contributed by atoms with Crippen LogP contribution in [0.3, 0.4) is 0 Å². The number of aromatic hydroxyl groups is 1. The van der Waals surface area contributed by atoms with Gasteiger partial charge < -0.3 is 10.4 Å². The van der Waals surface area contributed by atoms with Crippen molar-refractivity contribution in [1.82, 2.24) is 4.98 Å². The zero-order valence-corrected chi connectivity index (χ0v) is 10.4. The van der Waals surface area contributed by atoms with Crippen LogP contribution in [0.2, 0.25) is 5.15 Å². The highest BCUT2D eigenvalue weighted by Gasteiger charge is 2.11. The van der Waals surface area contributed by atoms with Crippen LogP contribution in [-0.2, 0) is 0 Å². The van der Waals surface area contributed by atoms with Crippen molar-refractivity contribution in [2.24, 2.45) is 0 Å². The van der Waals surface area contributed by atoms with Crippen LogP contribution in [0.4, 0.5) is 10.1 Å². The number of hydrogen-bond donors (Lipinski definition) is 2. The van der Waals surface area contributed by atoms with Gasteiger partial charge in [-0.25, -0.2) is 9.37 Å². The van der Waals surface area contributed by atoms with Crippen LogP contribution in [0.5, 0.6) is 5.75 Å². The van der Waals surface area contributed by atoms with E-state index in [1.165, 1.54) is 6.07 Å². The normalized spacial score (nSPS) is 12.2. The molecular formula is C13H12ClFN2O. The third kappa shape index (κ3) is 2.90. The Morgan fingerprint density at radius 2 is 2.11 bits per heavy atom. The SMILES string of the molecule is CC(Nc1ccnc(Cl)c1)c1ccc(F)cc1O. The van der Waals surface area contributed by atoms with E-state index < -0.39 is 5.82 Å². The lowest BCUT2D eigenvalue weighted by Gasteiger charge is -2.16. The molecule has 0 spiro atoms. The molecule has 0 aliphatic heterocycles. The Balaban J connectivity index is 2.19. The Bertz CT molecular complexity index is 562. The van der Waals surface area contributed by atoms with Gasteiger partial charge in [-0.05, 0) is 25.1 Å². The van der Waals surface area contributed by atoms with E-state index in [9.17, 15) is 9.50 Å². The summed E-state index contributed by atoms with van der Waals surface area (Å²) >= 11 is 5.78. The van der Waals surface area contributed by atoms with Crippen LogP contribution in [0.1, 0.15) is 18.5 Å². The molecule has 1 atom stereocenters. The van der Waals surface area contributed by atoms with Crippen LogP contribution in [0.25, 0.3) is 0 Å². The minimum atomic E-state index is -0.463. The number of aromatic nitrogens is 1. The van der Waals surface area contributed by atoms with Crippen molar-refractivity contribution in [2.45, 2.75) is 13.0 Å². The summed E-state index contributed by atoms with van der Waals surface area (Å²) in [5.74, 6) is -0.537. The minimum Gasteiger partial charge on any atom is -0.507 e. The first-order valence-electron chi connectivity index (χ1n) is 5.43. The standard InChI is InChI=1S/C13H12ClFN2O/c1-8(11-3-2-9(15)6-12(11)18)17-10-4-5-16-13(14)7-10/h2-8,18H,1H3,(H,16,17). The molecule has 2 rings (SSSR count). The summed E-state index contributed by atoms with van der Waals surface area (Å²) in [6.45, 7) is 1.86. The number of anilines is 1. The molecule has 94 valence electrons. The molecule has 0 amide bonds. The molecule has 5 heteroatoms. The van der Waals surface area contributed by atoms with E-state index in [1.54, 1.807) is 24.4 Å². The third-order valence-electron chi connectivity index (χ3n) is 2.57. The number of benzene rings is 1. The van der Waals surface area contributed by atoms with Gasteiger partial charge in [0.05, 0.1) is 6.04 Å². The summed E-state index contributed by atoms with van der Waals surface area (Å²) in [5, 5.41) is 13.2. The Morgan fingerprint density at radius 3 is 2.78 bits per heavy atom. The highest BCUT2D eigenvalue weighted by Crippen LogP contribution is 2.27. The fraction of sp³-hybridized carbons (Fsp3) is 0.154. The summed E-state index contributed by atoms with van der Waals surface area (Å²) in [5.41, 5.74) is 1.40. The van der Waals surface area contributed by atoms with E-state index in [0.29, 0.717) is 10.7 Å². The molecule has 1 aromatic heterocycles. The second-order valence-electron chi connectivity index (χ2n) is 3.94. The second-order valence-corrected chi connectivity index (χ2v) is 4.32. The predicted molar refractivity (Wildman–Crippen MR) is 69.3 cm³/mol. The maximum Gasteiger partial charge on any atom is 0.131 e. The number of halogens is 2. The highest BCUT2D eigenvalue weighted by atomic mass is 35.5. The first kappa shape index (κ1) is 12.6. The third-order valence-corrected chi connectivity index (χ3v) is 2.78. The molecule has 0 bridgehead atoms. The zero-order valence-electron chi connectivity index (χ0n) is 9.69. The van der Waals surface area contributed by atoms with Gasteiger partial charge in [-0.3, -0.25) is 0 Å². The summed E-state index contributed by atoms with van der Waals surface area (Å²) in [6.07, 6.45) is 1.59. The van der Waals surface area contributed by atoms with Crippen LogP contribution in [0.15, 0.2) is 36.5 Å². The van der Waals surface area contributed by atoms with E-state index in [1.807, 2.05) is 6.92 Å². The van der Waals surface area contributed by atoms with Crippen LogP contribution in [-0.4, -0.2) is 10.1 Å². The summed E-state index contributed by atoms with van der Waals surface area (Å²) in [7, 11) is 0. The van der Waals surface area contributed by atoms with Crippen molar-refractivity contribution >= 4 is 17.3 Å². The summed E-state index contributed by atoms with van der Waals surface area (Å²) < 4.78 is 12.9. The molecule has 0 aliphatic carbocycles. The smallest absolute Gasteiger partial charge is 0.131 e. The molecule has 18 heavy (non-hydrogen) atoms. The van der Waals surface area contributed by atoms with Gasteiger partial charge in [0.15, 0.2) is 0 Å². The zero-order chi connectivity index (χ0) is 13.1. The molecule has 1 unspecified atom stereocenters. The van der Waals surface area contributed by atoms with E-state index >= 15 is 0 Å². The Morgan fingerprint density at radius 1 is 1.33 bits per heavy atom. The fourth-order valence-electron chi connectivity index (χ4n) is 1.70. The van der Waals surface area contributed by atoms with Gasteiger partial charge in [-0.1, -0.05) is 17.7 Å². The summed E-state index contributed by atoms with van der Waals surface area (Å²) in [4.78, 5) is 3.88. The fourth-order valence-corrected chi connectivity index (χ4v) is 1.88. The first-order valence-corrected chi connectivity index (χ1v) is 5.80. The molecule has 0 saturated heterocycles. The Kier molecular flexibility index (Phi) is 3.67. The number of nitrogens with one attached hydrogen (secondary N) is 1. The molecule has 0 saturated carbocycles. The monoisotopic (exact) mass is 266 g/mol. The number of phenols is 1. The second kappa shape index (κ2) is 5.23. The van der Waals surface area contributed by atoms with Gasteiger partial charge >= 0.3 is 0 Å². The molecule has 1 heterocycles. The number of hydrogen-bond acceptors (Lipinski definition) is 3. The molecule has 1 aromatic carbocycles. The van der Waals surface area contributed by atoms with Crippen molar-refractivity contribution < 1.29 is 9.50 Å². The van der Waals surface area contributed by atoms with E-state index in [4.69, 9.17) is 11.6 Å². The van der Waals surface area contributed by atoms with Gasteiger partial charge in [-0.15, -0.1) is 0 Å². The van der Waals surface area contributed by atoms with Crippen LogP contribution >= 0.6 is 11.6 Å². The van der Waals surface area contributed by atoms with Gasteiger partial charge in [0.25, 0.3) is 0 Å². The predicted octanol–water partition coefficient (Wildman–Crippen LogP) is 3.75. The summed E-state index contributed by atoms with van der Waals surface area (Å²) in [6, 6.07) is 7.22. The van der Waals surface area contributed by atoms with Crippen molar-refractivity contribution in [3.8, 4) is 5.75 Å². The molecule has 2 aromatic rings. The van der Waals surface area contributed by atoms with E-state index in [2.05, 4.69) is 10.3 Å². The van der Waals surface area contributed by atoms with E-state index in [0.717, 1.165) is 11.8 Å². The first-order chi connectivity index (χ1) is 8.56. The van der Waals surface area contributed by atoms with Crippen LogP contribution in [0, 0.1) is 5.82 Å². The number of pyridine rings is 1. The molecule has 0 fully saturated rings. The Labute approximate surface area is 109 Å². The Hall–Kier alpha value is -1.81. The average Bonchev–Trinajstić information content (AvgIpc) is 2.28. The topological polar surface area (TPSA) is 45.2 Å². The van der Waals surface area contributed by atoms with Gasteiger partial charge in [0, 0.05) is 23.5 Å². The molecule has 0 radical (unpaired) electrons. The van der Waals surface area contributed by atoms with Gasteiger partial charge in [0.1, 0.15) is 16.7 Å². The number of nitrogens with zero attached hydrogens (tertiary/aromatic N) is 1. The van der Waals surface area contributed by atoms with Crippen molar-refractivity contribution in [3.63, 3.8) is 0 Å². The van der Waals surface area contributed by atoms with Crippen molar-refractivity contribution in [3.05, 3.63) is 53.1 Å². The van der Waals surface area contributed by atoms with Gasteiger partial charge in [-0.2, -0.15) is 0 Å². The molecule has 0 aliphatic rings. The lowest BCUT2D eigenvalue weighted by Crippen LogP contribution is -2.07. The molecular weight excluding hydrogens is 255 g/mol. The largest absolute Gasteiger partial charge is 0.507 e. The van der Waals surface area contributed by atoms with Gasteiger partial charge in [0.2, 0.25) is 0 Å². The van der Waals surface area contributed by atoms with Crippen molar-refractivity contribution in [2.75, 3.05) is 5.32 Å². The lowest BCUT2D eigenvalue weighted by molar-refractivity contribution is 0.459. The molecule has 3 nitrogen and oxygen atoms in total. The lowest BCUT2D eigenvalue weighted by atomic mass is 10.1. The average molecular weight is 267 g/mol. The number of phenolic OH excluding ortho intramolecular Hbond substituents is 1. The van der Waals surface area contributed by atoms with Crippen LogP contribution < -0.4 is 5.32 Å². The van der Waals surface area contributed by atoms with Crippen molar-refractivity contribution in [1.29, 1.82) is 0 Å². The maximum absolute atomic E-state index is 12.9. The number of rotatable bonds is 3.